The van der Waals surface area contributed by atoms with E-state index < -0.39 is 0 Å². The van der Waals surface area contributed by atoms with Crippen LogP contribution in [0.25, 0.3) is 21.5 Å². The Labute approximate surface area is 230 Å². The summed E-state index contributed by atoms with van der Waals surface area (Å²) in [5.74, 6) is 0. The lowest BCUT2D eigenvalue weighted by molar-refractivity contribution is 0.247. The Balaban J connectivity index is 0.939. The summed E-state index contributed by atoms with van der Waals surface area (Å²) in [6.45, 7) is 2.69. The van der Waals surface area contributed by atoms with E-state index >= 15 is 0 Å². The van der Waals surface area contributed by atoms with Gasteiger partial charge >= 0.3 is 0 Å². The van der Waals surface area contributed by atoms with Crippen molar-refractivity contribution >= 4 is 21.5 Å². The molecule has 4 aliphatic rings. The standard InChI is InChI=1S/C36H48N2/c1(5-23-37(31-15-16-31)32-17-18-32)3-9-27-11-7-13-29-26-36-28(12-8-14-30(36)25-35(27)29)10-4-2-6-24-38(33-19-20-33)34-21-22-34/h7-8,11-14,25-26,31-34H,1-6,9-10,15-24H2. The highest BCUT2D eigenvalue weighted by molar-refractivity contribution is 6.00. The minimum atomic E-state index is 0.948. The Hall–Kier alpha value is -1.90. The van der Waals surface area contributed by atoms with E-state index in [-0.39, 0.29) is 0 Å². The van der Waals surface area contributed by atoms with E-state index in [4.69, 9.17) is 0 Å². The second kappa shape index (κ2) is 11.3. The van der Waals surface area contributed by atoms with Gasteiger partial charge in [-0.2, -0.15) is 0 Å². The summed E-state index contributed by atoms with van der Waals surface area (Å²) in [6, 6.07) is 22.8. The first kappa shape index (κ1) is 25.1. The van der Waals surface area contributed by atoms with Crippen LogP contribution in [0, 0.1) is 0 Å². The van der Waals surface area contributed by atoms with Gasteiger partial charge in [0.1, 0.15) is 0 Å². The third-order valence-corrected chi connectivity index (χ3v) is 9.85. The molecule has 2 nitrogen and oxygen atoms in total. The smallest absolute Gasteiger partial charge is 0.00993 e. The SMILES string of the molecule is c1cc(CCCCCN(C2CC2)C2CC2)c2cc3cccc(CCCCCN(C4CC4)C4CC4)c3cc2c1. The molecule has 0 atom stereocenters. The Morgan fingerprint density at radius 3 is 1.24 bits per heavy atom. The van der Waals surface area contributed by atoms with Crippen molar-refractivity contribution in [3.63, 3.8) is 0 Å². The molecule has 0 saturated heterocycles. The van der Waals surface area contributed by atoms with Crippen molar-refractivity contribution in [2.24, 2.45) is 0 Å². The molecular weight excluding hydrogens is 460 g/mol. The lowest BCUT2D eigenvalue weighted by Crippen LogP contribution is -2.29. The fourth-order valence-electron chi connectivity index (χ4n) is 7.14. The first-order chi connectivity index (χ1) is 18.8. The van der Waals surface area contributed by atoms with Crippen LogP contribution >= 0.6 is 0 Å². The second-order valence-corrected chi connectivity index (χ2v) is 13.2. The summed E-state index contributed by atoms with van der Waals surface area (Å²) in [5.41, 5.74) is 3.10. The minimum Gasteiger partial charge on any atom is -0.297 e. The first-order valence-corrected chi connectivity index (χ1v) is 16.3. The molecule has 4 fully saturated rings. The Morgan fingerprint density at radius 1 is 0.474 bits per heavy atom. The van der Waals surface area contributed by atoms with Gasteiger partial charge in [0.25, 0.3) is 0 Å². The summed E-state index contributed by atoms with van der Waals surface area (Å²) < 4.78 is 0. The fourth-order valence-corrected chi connectivity index (χ4v) is 7.14. The molecule has 0 aromatic heterocycles. The van der Waals surface area contributed by atoms with Gasteiger partial charge in [-0.15, -0.1) is 0 Å². The molecule has 3 aromatic carbocycles. The van der Waals surface area contributed by atoms with Gasteiger partial charge in [-0.25, -0.2) is 0 Å². The molecule has 4 saturated carbocycles. The molecule has 2 heteroatoms. The number of hydrogen-bond donors (Lipinski definition) is 0. The molecule has 0 radical (unpaired) electrons. The van der Waals surface area contributed by atoms with E-state index in [0.29, 0.717) is 0 Å². The van der Waals surface area contributed by atoms with Crippen LogP contribution in [0.1, 0.15) is 101 Å². The summed E-state index contributed by atoms with van der Waals surface area (Å²) in [4.78, 5) is 5.69. The zero-order valence-electron chi connectivity index (χ0n) is 23.6. The highest BCUT2D eigenvalue weighted by Gasteiger charge is 2.39. The zero-order chi connectivity index (χ0) is 25.3. The van der Waals surface area contributed by atoms with Crippen LogP contribution in [-0.4, -0.2) is 47.1 Å². The average molecular weight is 509 g/mol. The Bertz CT molecular complexity index is 1110. The second-order valence-electron chi connectivity index (χ2n) is 13.2. The highest BCUT2D eigenvalue weighted by Crippen LogP contribution is 2.38. The predicted octanol–water partition coefficient (Wildman–Crippen LogP) is 8.67. The van der Waals surface area contributed by atoms with Gasteiger partial charge < -0.3 is 0 Å². The van der Waals surface area contributed by atoms with Gasteiger partial charge in [0.15, 0.2) is 0 Å². The number of nitrogens with zero attached hydrogens (tertiary/aromatic N) is 2. The zero-order valence-corrected chi connectivity index (χ0v) is 23.6. The summed E-state index contributed by atoms with van der Waals surface area (Å²) in [5, 5.41) is 5.83. The van der Waals surface area contributed by atoms with Gasteiger partial charge in [-0.1, -0.05) is 49.2 Å². The van der Waals surface area contributed by atoms with E-state index in [0.717, 1.165) is 24.2 Å². The van der Waals surface area contributed by atoms with E-state index in [1.54, 1.807) is 11.1 Å². The van der Waals surface area contributed by atoms with Crippen LogP contribution in [0.4, 0.5) is 0 Å². The maximum absolute atomic E-state index is 2.85. The van der Waals surface area contributed by atoms with E-state index in [1.807, 2.05) is 0 Å². The number of rotatable bonds is 16. The number of fused-ring (bicyclic) bond motifs is 2. The van der Waals surface area contributed by atoms with Crippen molar-refractivity contribution in [1.29, 1.82) is 0 Å². The topological polar surface area (TPSA) is 6.48 Å². The van der Waals surface area contributed by atoms with E-state index in [2.05, 4.69) is 58.3 Å². The van der Waals surface area contributed by atoms with Gasteiger partial charge in [-0.3, -0.25) is 9.80 Å². The summed E-state index contributed by atoms with van der Waals surface area (Å²) >= 11 is 0. The molecule has 0 bridgehead atoms. The van der Waals surface area contributed by atoms with Crippen LogP contribution in [0.5, 0.6) is 0 Å². The number of aryl methyl sites for hydroxylation is 2. The van der Waals surface area contributed by atoms with Crippen LogP contribution in [0.3, 0.4) is 0 Å². The monoisotopic (exact) mass is 508 g/mol. The predicted molar refractivity (Wildman–Crippen MR) is 162 cm³/mol. The molecule has 0 unspecified atom stereocenters. The van der Waals surface area contributed by atoms with Gasteiger partial charge in [0.2, 0.25) is 0 Å². The minimum absolute atomic E-state index is 0.948. The maximum Gasteiger partial charge on any atom is 0.00993 e. The van der Waals surface area contributed by atoms with Crippen molar-refractivity contribution in [2.45, 2.75) is 127 Å². The third-order valence-electron chi connectivity index (χ3n) is 9.85. The molecule has 0 N–H and O–H groups in total. The van der Waals surface area contributed by atoms with Crippen molar-refractivity contribution in [2.75, 3.05) is 13.1 Å². The number of hydrogen-bond acceptors (Lipinski definition) is 2. The van der Waals surface area contributed by atoms with Gasteiger partial charge in [0.05, 0.1) is 0 Å². The summed E-state index contributed by atoms with van der Waals surface area (Å²) in [6.07, 6.45) is 22.2. The lowest BCUT2D eigenvalue weighted by atomic mass is 9.93. The van der Waals surface area contributed by atoms with Crippen molar-refractivity contribution < 1.29 is 0 Å². The molecular formula is C36H48N2. The average Bonchev–Trinajstić information content (AvgIpc) is 3.78. The first-order valence-electron chi connectivity index (χ1n) is 16.3. The van der Waals surface area contributed by atoms with Crippen LogP contribution in [0.2, 0.25) is 0 Å². The molecule has 4 aliphatic carbocycles. The van der Waals surface area contributed by atoms with Crippen LogP contribution in [0.15, 0.2) is 48.5 Å². The van der Waals surface area contributed by atoms with Crippen molar-refractivity contribution in [3.8, 4) is 0 Å². The largest absolute Gasteiger partial charge is 0.297 e. The lowest BCUT2D eigenvalue weighted by Gasteiger charge is -2.21. The summed E-state index contributed by atoms with van der Waals surface area (Å²) in [7, 11) is 0. The number of benzene rings is 3. The highest BCUT2D eigenvalue weighted by atomic mass is 15.2. The fraction of sp³-hybridized carbons (Fsp3) is 0.611. The Kier molecular flexibility index (Phi) is 7.46. The molecule has 0 spiro atoms. The van der Waals surface area contributed by atoms with Crippen molar-refractivity contribution in [3.05, 3.63) is 59.7 Å². The van der Waals surface area contributed by atoms with E-state index in [9.17, 15) is 0 Å². The van der Waals surface area contributed by atoms with Gasteiger partial charge in [-0.05, 0) is 148 Å². The molecule has 202 valence electrons. The molecule has 38 heavy (non-hydrogen) atoms. The third kappa shape index (κ3) is 6.13. The molecule has 0 amide bonds. The van der Waals surface area contributed by atoms with Crippen LogP contribution in [-0.2, 0) is 12.8 Å². The van der Waals surface area contributed by atoms with Crippen LogP contribution < -0.4 is 0 Å². The van der Waals surface area contributed by atoms with E-state index in [1.165, 1.54) is 137 Å². The molecule has 0 heterocycles. The Morgan fingerprint density at radius 2 is 0.868 bits per heavy atom. The van der Waals surface area contributed by atoms with Crippen molar-refractivity contribution in [1.82, 2.24) is 9.80 Å². The quantitative estimate of drug-likeness (QED) is 0.141. The normalized spacial score (nSPS) is 19.8. The molecule has 7 rings (SSSR count). The molecule has 0 aliphatic heterocycles. The van der Waals surface area contributed by atoms with Gasteiger partial charge in [0, 0.05) is 24.2 Å². The molecule has 3 aromatic rings. The number of unbranched alkanes of at least 4 members (excludes halogenated alkanes) is 4. The maximum atomic E-state index is 2.85.